The number of carboxylic acid groups (broad SMARTS) is 1. The minimum atomic E-state index is -1.39. The molecule has 1 aromatic heterocycles. The number of benzene rings is 3. The number of azo groups is 1. The second-order valence-electron chi connectivity index (χ2n) is 7.72. The first-order valence-corrected chi connectivity index (χ1v) is 10.9. The number of hydrogen-bond acceptors (Lipinski definition) is 9. The van der Waals surface area contributed by atoms with Crippen molar-refractivity contribution in [2.24, 2.45) is 10.2 Å². The average molecular weight is 493 g/mol. The zero-order valence-corrected chi connectivity index (χ0v) is 19.4. The molecule has 3 aromatic carbocycles. The maximum absolute atomic E-state index is 11.7. The summed E-state index contributed by atoms with van der Waals surface area (Å²) >= 11 is 0. The minimum Gasteiger partial charge on any atom is -0.478 e. The van der Waals surface area contributed by atoms with Crippen molar-refractivity contribution in [2.75, 3.05) is 10.6 Å². The summed E-state index contributed by atoms with van der Waals surface area (Å²) in [6, 6.07) is 23.8. The van der Waals surface area contributed by atoms with E-state index in [4.69, 9.17) is 0 Å². The maximum Gasteiger partial charge on any atom is 0.338 e. The fourth-order valence-corrected chi connectivity index (χ4v) is 3.45. The van der Waals surface area contributed by atoms with Gasteiger partial charge in [-0.15, -0.1) is 10.2 Å². The van der Waals surface area contributed by atoms with Crippen LogP contribution in [0.5, 0.6) is 0 Å². The Morgan fingerprint density at radius 2 is 1.57 bits per heavy atom. The third-order valence-corrected chi connectivity index (χ3v) is 5.28. The fourth-order valence-electron chi connectivity index (χ4n) is 3.45. The van der Waals surface area contributed by atoms with Crippen LogP contribution in [-0.2, 0) is 0 Å². The number of para-hydroxylation sites is 2. The first-order chi connectivity index (χ1) is 17.9. The van der Waals surface area contributed by atoms with Crippen molar-refractivity contribution in [1.82, 2.24) is 4.98 Å². The van der Waals surface area contributed by atoms with Gasteiger partial charge in [-0.05, 0) is 37.3 Å². The van der Waals surface area contributed by atoms with Gasteiger partial charge in [0.05, 0.1) is 16.1 Å². The van der Waals surface area contributed by atoms with Crippen molar-refractivity contribution in [3.05, 3.63) is 106 Å². The van der Waals surface area contributed by atoms with E-state index < -0.39 is 10.9 Å². The van der Waals surface area contributed by atoms with Gasteiger partial charge < -0.3 is 15.7 Å². The summed E-state index contributed by atoms with van der Waals surface area (Å²) in [6.07, 6.45) is 0. The molecule has 0 bridgehead atoms. The number of non-ortho nitro benzene ring substituents is 1. The Morgan fingerprint density at radius 3 is 2.11 bits per heavy atom. The Labute approximate surface area is 210 Å². The van der Waals surface area contributed by atoms with Crippen molar-refractivity contribution < 1.29 is 14.8 Å². The van der Waals surface area contributed by atoms with Crippen LogP contribution in [0.4, 0.5) is 40.1 Å². The van der Waals surface area contributed by atoms with Gasteiger partial charge in [0.2, 0.25) is 0 Å². The molecule has 0 saturated carbocycles. The van der Waals surface area contributed by atoms with E-state index in [0.717, 1.165) is 17.8 Å². The number of aromatic carboxylic acids is 1. The van der Waals surface area contributed by atoms with Crippen LogP contribution in [0.2, 0.25) is 0 Å². The molecule has 0 fully saturated rings. The quantitative estimate of drug-likeness (QED) is 0.137. The summed E-state index contributed by atoms with van der Waals surface area (Å²) in [5.74, 6) is -0.830. The average Bonchev–Trinajstić information content (AvgIpc) is 2.89. The van der Waals surface area contributed by atoms with E-state index in [2.05, 4.69) is 31.9 Å². The molecule has 0 unspecified atom stereocenters. The predicted molar refractivity (Wildman–Crippen MR) is 137 cm³/mol. The van der Waals surface area contributed by atoms with E-state index in [9.17, 15) is 25.3 Å². The summed E-state index contributed by atoms with van der Waals surface area (Å²) in [7, 11) is 0. The summed E-state index contributed by atoms with van der Waals surface area (Å²) in [5, 5.41) is 45.1. The molecular formula is C26H19N7O4. The fraction of sp³-hybridized carbons (Fsp3) is 0.0385. The van der Waals surface area contributed by atoms with Crippen LogP contribution in [0.25, 0.3) is 0 Å². The Balaban J connectivity index is 1.84. The normalized spacial score (nSPS) is 10.6. The number of anilines is 4. The number of nitro benzene ring substituents is 1. The molecule has 11 heteroatoms. The molecule has 182 valence electrons. The van der Waals surface area contributed by atoms with Gasteiger partial charge in [-0.1, -0.05) is 36.4 Å². The Morgan fingerprint density at radius 1 is 0.973 bits per heavy atom. The second kappa shape index (κ2) is 10.7. The number of rotatable bonds is 8. The highest BCUT2D eigenvalue weighted by Crippen LogP contribution is 2.37. The number of hydrogen-bond donors (Lipinski definition) is 3. The zero-order valence-electron chi connectivity index (χ0n) is 19.4. The van der Waals surface area contributed by atoms with Crippen LogP contribution in [0.3, 0.4) is 0 Å². The van der Waals surface area contributed by atoms with E-state index >= 15 is 0 Å². The molecule has 4 rings (SSSR count). The van der Waals surface area contributed by atoms with E-state index in [-0.39, 0.29) is 34.0 Å². The topological polar surface area (TPSA) is 166 Å². The molecule has 0 spiro atoms. The summed E-state index contributed by atoms with van der Waals surface area (Å²) in [6.45, 7) is 1.68. The molecular weight excluding hydrogens is 474 g/mol. The molecule has 0 aliphatic heterocycles. The van der Waals surface area contributed by atoms with E-state index in [0.29, 0.717) is 17.1 Å². The molecule has 11 nitrogen and oxygen atoms in total. The highest BCUT2D eigenvalue weighted by atomic mass is 16.6. The lowest BCUT2D eigenvalue weighted by molar-refractivity contribution is -0.384. The zero-order chi connectivity index (χ0) is 26.4. The van der Waals surface area contributed by atoms with Crippen molar-refractivity contribution in [3.63, 3.8) is 0 Å². The van der Waals surface area contributed by atoms with Crippen LogP contribution in [0.1, 0.15) is 21.5 Å². The van der Waals surface area contributed by atoms with Gasteiger partial charge in [-0.25, -0.2) is 9.78 Å². The molecule has 37 heavy (non-hydrogen) atoms. The number of nitriles is 1. The smallest absolute Gasteiger partial charge is 0.338 e. The molecule has 0 aliphatic rings. The van der Waals surface area contributed by atoms with E-state index in [1.807, 2.05) is 60.7 Å². The first kappa shape index (κ1) is 24.5. The lowest BCUT2D eigenvalue weighted by Gasteiger charge is -2.15. The SMILES string of the molecule is Cc1c(C#N)c(Nc2ccccc2)nc(Nc2ccccc2)c1N=Nc1ccc([N+](=O)[O-])cc1C(=O)O. The van der Waals surface area contributed by atoms with E-state index in [1.165, 1.54) is 6.07 Å². The van der Waals surface area contributed by atoms with Crippen molar-refractivity contribution >= 4 is 46.0 Å². The van der Waals surface area contributed by atoms with Crippen LogP contribution in [0.15, 0.2) is 89.1 Å². The van der Waals surface area contributed by atoms with Gasteiger partial charge in [-0.2, -0.15) is 5.26 Å². The van der Waals surface area contributed by atoms with Crippen LogP contribution in [0, 0.1) is 28.4 Å². The summed E-state index contributed by atoms with van der Waals surface area (Å²) < 4.78 is 0. The maximum atomic E-state index is 11.7. The van der Waals surface area contributed by atoms with Gasteiger partial charge in [0, 0.05) is 29.1 Å². The highest BCUT2D eigenvalue weighted by Gasteiger charge is 2.20. The van der Waals surface area contributed by atoms with Gasteiger partial charge in [0.1, 0.15) is 17.4 Å². The number of nitrogens with zero attached hydrogens (tertiary/aromatic N) is 5. The number of nitro groups is 1. The standard InChI is InChI=1S/C26H19N7O4/c1-16-21(15-27)24(28-17-8-4-2-5-9-17)30-25(29-18-10-6-3-7-11-18)23(16)32-31-22-13-12-19(33(36)37)14-20(22)26(34)35/h2-14H,1H3,(H,34,35)(H2,28,29,30). The van der Waals surface area contributed by atoms with Gasteiger partial charge >= 0.3 is 5.97 Å². The molecule has 0 amide bonds. The first-order valence-electron chi connectivity index (χ1n) is 10.9. The van der Waals surface area contributed by atoms with Crippen molar-refractivity contribution in [1.29, 1.82) is 5.26 Å². The van der Waals surface area contributed by atoms with Crippen LogP contribution in [-0.4, -0.2) is 21.0 Å². The lowest BCUT2D eigenvalue weighted by atomic mass is 10.1. The largest absolute Gasteiger partial charge is 0.478 e. The number of pyridine rings is 1. The molecule has 0 aliphatic carbocycles. The molecule has 0 saturated heterocycles. The van der Waals surface area contributed by atoms with Gasteiger partial charge in [0.25, 0.3) is 5.69 Å². The van der Waals surface area contributed by atoms with Crippen LogP contribution < -0.4 is 10.6 Å². The molecule has 3 N–H and O–H groups in total. The molecule has 0 radical (unpaired) electrons. The van der Waals surface area contributed by atoms with Crippen LogP contribution >= 0.6 is 0 Å². The third-order valence-electron chi connectivity index (χ3n) is 5.28. The number of nitrogens with one attached hydrogen (secondary N) is 2. The number of carboxylic acids is 1. The Kier molecular flexibility index (Phi) is 7.11. The monoisotopic (exact) mass is 493 g/mol. The number of carbonyl (C=O) groups is 1. The summed E-state index contributed by atoms with van der Waals surface area (Å²) in [5.41, 5.74) is 1.43. The molecule has 0 atom stereocenters. The Bertz CT molecular complexity index is 1550. The van der Waals surface area contributed by atoms with Crippen molar-refractivity contribution in [2.45, 2.75) is 6.92 Å². The van der Waals surface area contributed by atoms with Crippen molar-refractivity contribution in [3.8, 4) is 6.07 Å². The molecule has 1 heterocycles. The summed E-state index contributed by atoms with van der Waals surface area (Å²) in [4.78, 5) is 26.7. The molecule has 4 aromatic rings. The second-order valence-corrected chi connectivity index (χ2v) is 7.72. The highest BCUT2D eigenvalue weighted by molar-refractivity contribution is 5.94. The van der Waals surface area contributed by atoms with Gasteiger partial charge in [-0.3, -0.25) is 10.1 Å². The minimum absolute atomic E-state index is 0.0897. The van der Waals surface area contributed by atoms with Gasteiger partial charge in [0.15, 0.2) is 11.6 Å². The third kappa shape index (κ3) is 5.55. The van der Waals surface area contributed by atoms with E-state index in [1.54, 1.807) is 6.92 Å². The lowest BCUT2D eigenvalue weighted by Crippen LogP contribution is -2.04. The number of aromatic nitrogens is 1. The predicted octanol–water partition coefficient (Wildman–Crippen LogP) is 6.77. The Hall–Kier alpha value is -5.63.